The number of phenolic OH excluding ortho intramolecular Hbond substituents is 1. The fourth-order valence-corrected chi connectivity index (χ4v) is 2.85. The number of aromatic hydroxyl groups is 1. The van der Waals surface area contributed by atoms with Gasteiger partial charge in [-0.2, -0.15) is 0 Å². The predicted molar refractivity (Wildman–Crippen MR) is 66.3 cm³/mol. The minimum atomic E-state index is 0.00926. The van der Waals surface area contributed by atoms with Crippen molar-refractivity contribution in [3.63, 3.8) is 0 Å². The van der Waals surface area contributed by atoms with Crippen LogP contribution in [0.15, 0.2) is 18.2 Å². The molecule has 1 fully saturated rings. The Morgan fingerprint density at radius 2 is 2.06 bits per heavy atom. The molecule has 0 unspecified atom stereocenters. The van der Waals surface area contributed by atoms with Crippen LogP contribution in [0.1, 0.15) is 25.7 Å². The van der Waals surface area contributed by atoms with Gasteiger partial charge in [-0.05, 0) is 25.0 Å². The number of amides is 1. The number of carbonyl (C=O) groups is 1. The molecule has 1 aromatic carbocycles. The summed E-state index contributed by atoms with van der Waals surface area (Å²) in [6, 6.07) is 5.67. The Balaban J connectivity index is 1.98. The molecule has 0 saturated heterocycles. The van der Waals surface area contributed by atoms with E-state index in [1.54, 1.807) is 12.1 Å². The van der Waals surface area contributed by atoms with Crippen molar-refractivity contribution in [3.05, 3.63) is 18.2 Å². The van der Waals surface area contributed by atoms with Crippen LogP contribution in [-0.2, 0) is 4.79 Å². The van der Waals surface area contributed by atoms with E-state index in [0.29, 0.717) is 12.6 Å². The van der Waals surface area contributed by atoms with Gasteiger partial charge in [-0.15, -0.1) is 0 Å². The van der Waals surface area contributed by atoms with Gasteiger partial charge in [0.1, 0.15) is 5.75 Å². The summed E-state index contributed by atoms with van der Waals surface area (Å²) in [6.45, 7) is 0.433. The summed E-state index contributed by atoms with van der Waals surface area (Å²) in [6.07, 6.45) is 4.81. The second-order valence-electron chi connectivity index (χ2n) is 4.82. The van der Waals surface area contributed by atoms with Crippen molar-refractivity contribution in [3.8, 4) is 5.75 Å². The van der Waals surface area contributed by atoms with Crippen LogP contribution < -0.4 is 10.2 Å². The van der Waals surface area contributed by atoms with Crippen LogP contribution in [0.5, 0.6) is 5.75 Å². The van der Waals surface area contributed by atoms with Gasteiger partial charge >= 0.3 is 0 Å². The fourth-order valence-electron chi connectivity index (χ4n) is 2.85. The van der Waals surface area contributed by atoms with E-state index in [0.717, 1.165) is 24.2 Å². The maximum Gasteiger partial charge on any atom is 0.243 e. The largest absolute Gasteiger partial charge is 0.508 e. The van der Waals surface area contributed by atoms with Gasteiger partial charge in [-0.3, -0.25) is 4.79 Å². The van der Waals surface area contributed by atoms with Gasteiger partial charge in [-0.1, -0.05) is 12.8 Å². The highest BCUT2D eigenvalue weighted by atomic mass is 16.3. The summed E-state index contributed by atoms with van der Waals surface area (Å²) in [5, 5.41) is 12.3. The zero-order valence-corrected chi connectivity index (χ0v) is 9.65. The molecule has 1 amide bonds. The Bertz CT molecular complexity index is 453. The lowest BCUT2D eigenvalue weighted by Crippen LogP contribution is -2.43. The maximum atomic E-state index is 11.7. The van der Waals surface area contributed by atoms with Crippen LogP contribution in [0.4, 0.5) is 11.4 Å². The highest BCUT2D eigenvalue weighted by Gasteiger charge is 2.29. The Morgan fingerprint density at radius 3 is 2.82 bits per heavy atom. The van der Waals surface area contributed by atoms with Crippen molar-refractivity contribution < 1.29 is 9.90 Å². The normalized spacial score (nSPS) is 20.2. The van der Waals surface area contributed by atoms with Gasteiger partial charge < -0.3 is 15.3 Å². The Morgan fingerprint density at radius 1 is 1.29 bits per heavy atom. The Hall–Kier alpha value is -1.71. The topological polar surface area (TPSA) is 52.6 Å². The Kier molecular flexibility index (Phi) is 2.42. The summed E-state index contributed by atoms with van der Waals surface area (Å²) < 4.78 is 0. The molecule has 0 radical (unpaired) electrons. The second kappa shape index (κ2) is 3.95. The molecule has 2 aliphatic rings. The number of nitrogens with one attached hydrogen (secondary N) is 1. The van der Waals surface area contributed by atoms with E-state index in [4.69, 9.17) is 0 Å². The average molecular weight is 232 g/mol. The van der Waals surface area contributed by atoms with Gasteiger partial charge in [0.25, 0.3) is 0 Å². The quantitative estimate of drug-likeness (QED) is 0.779. The molecular formula is C13H16N2O2. The number of carbonyl (C=O) groups excluding carboxylic acids is 1. The van der Waals surface area contributed by atoms with Crippen LogP contribution in [-0.4, -0.2) is 23.6 Å². The number of benzene rings is 1. The first-order chi connectivity index (χ1) is 8.24. The van der Waals surface area contributed by atoms with Crippen LogP contribution in [0, 0.1) is 0 Å². The van der Waals surface area contributed by atoms with Crippen LogP contribution in [0.25, 0.3) is 0 Å². The van der Waals surface area contributed by atoms with Crippen LogP contribution in [0.3, 0.4) is 0 Å². The smallest absolute Gasteiger partial charge is 0.243 e. The second-order valence-corrected chi connectivity index (χ2v) is 4.82. The van der Waals surface area contributed by atoms with Gasteiger partial charge in [-0.25, -0.2) is 0 Å². The highest BCUT2D eigenvalue weighted by Crippen LogP contribution is 2.37. The number of hydrogen-bond donors (Lipinski definition) is 2. The molecule has 1 saturated carbocycles. The predicted octanol–water partition coefficient (Wildman–Crippen LogP) is 2.09. The molecule has 3 rings (SSSR count). The number of phenols is 1. The van der Waals surface area contributed by atoms with Gasteiger partial charge in [0.15, 0.2) is 0 Å². The standard InChI is InChI=1S/C13H16N2O2/c16-10-5-6-12-11(7-10)14-13(17)8-15(12)9-3-1-2-4-9/h5-7,9,16H,1-4,8H2,(H,14,17). The van der Waals surface area contributed by atoms with Crippen molar-refractivity contribution in [1.82, 2.24) is 0 Å². The summed E-state index contributed by atoms with van der Waals surface area (Å²) in [4.78, 5) is 13.9. The molecule has 4 heteroatoms. The van der Waals surface area contributed by atoms with Gasteiger partial charge in [0, 0.05) is 12.1 Å². The van der Waals surface area contributed by atoms with Crippen LogP contribution in [0.2, 0.25) is 0 Å². The minimum absolute atomic E-state index is 0.00926. The third kappa shape index (κ3) is 1.84. The molecule has 1 aliphatic heterocycles. The third-order valence-electron chi connectivity index (χ3n) is 3.64. The molecule has 1 aromatic rings. The van der Waals surface area contributed by atoms with E-state index in [1.165, 1.54) is 12.8 Å². The molecule has 0 aromatic heterocycles. The fraction of sp³-hybridized carbons (Fsp3) is 0.462. The van der Waals surface area contributed by atoms with Crippen molar-refractivity contribution in [2.75, 3.05) is 16.8 Å². The van der Waals surface area contributed by atoms with E-state index in [-0.39, 0.29) is 11.7 Å². The van der Waals surface area contributed by atoms with Crippen molar-refractivity contribution in [1.29, 1.82) is 0 Å². The number of nitrogens with zero attached hydrogens (tertiary/aromatic N) is 1. The lowest BCUT2D eigenvalue weighted by Gasteiger charge is -2.35. The number of rotatable bonds is 1. The zero-order valence-electron chi connectivity index (χ0n) is 9.65. The van der Waals surface area contributed by atoms with Crippen molar-refractivity contribution >= 4 is 17.3 Å². The molecule has 0 bridgehead atoms. The number of fused-ring (bicyclic) bond motifs is 1. The third-order valence-corrected chi connectivity index (χ3v) is 3.64. The SMILES string of the molecule is O=C1CN(C2CCCC2)c2ccc(O)cc2N1. The first-order valence-electron chi connectivity index (χ1n) is 6.13. The molecular weight excluding hydrogens is 216 g/mol. The lowest BCUT2D eigenvalue weighted by molar-refractivity contribution is -0.115. The number of anilines is 2. The molecule has 2 N–H and O–H groups in total. The molecule has 1 aliphatic carbocycles. The van der Waals surface area contributed by atoms with E-state index in [9.17, 15) is 9.90 Å². The Labute approximate surface area is 100 Å². The molecule has 0 spiro atoms. The highest BCUT2D eigenvalue weighted by molar-refractivity contribution is 6.01. The van der Waals surface area contributed by atoms with Gasteiger partial charge in [0.05, 0.1) is 17.9 Å². The minimum Gasteiger partial charge on any atom is -0.508 e. The van der Waals surface area contributed by atoms with Crippen molar-refractivity contribution in [2.24, 2.45) is 0 Å². The summed E-state index contributed by atoms with van der Waals surface area (Å²) in [5.41, 5.74) is 1.77. The maximum absolute atomic E-state index is 11.7. The molecule has 90 valence electrons. The first kappa shape index (κ1) is 10.4. The van der Waals surface area contributed by atoms with E-state index in [1.807, 2.05) is 6.07 Å². The van der Waals surface area contributed by atoms with E-state index < -0.39 is 0 Å². The number of hydrogen-bond acceptors (Lipinski definition) is 3. The van der Waals surface area contributed by atoms with Gasteiger partial charge in [0.2, 0.25) is 5.91 Å². The zero-order chi connectivity index (χ0) is 11.8. The molecule has 1 heterocycles. The molecule has 17 heavy (non-hydrogen) atoms. The lowest BCUT2D eigenvalue weighted by atomic mass is 10.1. The molecule has 0 atom stereocenters. The summed E-state index contributed by atoms with van der Waals surface area (Å²) in [7, 11) is 0. The van der Waals surface area contributed by atoms with Crippen LogP contribution >= 0.6 is 0 Å². The average Bonchev–Trinajstić information content (AvgIpc) is 2.80. The monoisotopic (exact) mass is 232 g/mol. The van der Waals surface area contributed by atoms with E-state index in [2.05, 4.69) is 10.2 Å². The first-order valence-corrected chi connectivity index (χ1v) is 6.13. The summed E-state index contributed by atoms with van der Waals surface area (Å²) >= 11 is 0. The molecule has 4 nitrogen and oxygen atoms in total. The summed E-state index contributed by atoms with van der Waals surface area (Å²) in [5.74, 6) is 0.201. The van der Waals surface area contributed by atoms with E-state index >= 15 is 0 Å². The van der Waals surface area contributed by atoms with Crippen molar-refractivity contribution in [2.45, 2.75) is 31.7 Å².